The van der Waals surface area contributed by atoms with Crippen LogP contribution in [0.1, 0.15) is 52.7 Å². The number of fused-ring (bicyclic) bond motifs is 12. The molecule has 0 aliphatic rings. The molecule has 14 rings (SSSR count). The van der Waals surface area contributed by atoms with Gasteiger partial charge in [-0.05, 0) is 151 Å². The largest absolute Gasteiger partial charge is 0.309 e. The van der Waals surface area contributed by atoms with Crippen LogP contribution in [0.25, 0.3) is 120 Å². The van der Waals surface area contributed by atoms with Crippen molar-refractivity contribution in [3.63, 3.8) is 0 Å². The van der Waals surface area contributed by atoms with Gasteiger partial charge < -0.3 is 9.13 Å². The van der Waals surface area contributed by atoms with E-state index in [0.29, 0.717) is 65.2 Å². The second-order valence-electron chi connectivity index (χ2n) is 21.6. The maximum Gasteiger partial charge on any atom is 0.266 e. The predicted molar refractivity (Wildman–Crippen MR) is 297 cm³/mol. The molecular formula is C64H46N4O4. The van der Waals surface area contributed by atoms with Crippen LogP contribution in [0.15, 0.2) is 189 Å². The molecule has 0 saturated heterocycles. The lowest BCUT2D eigenvalue weighted by molar-refractivity contribution is 0.591. The Morgan fingerprint density at radius 2 is 0.569 bits per heavy atom. The summed E-state index contributed by atoms with van der Waals surface area (Å²) in [6.07, 6.45) is 0. The first kappa shape index (κ1) is 42.0. The Balaban J connectivity index is 1.10. The van der Waals surface area contributed by atoms with Crippen molar-refractivity contribution < 1.29 is 0 Å². The van der Waals surface area contributed by atoms with Gasteiger partial charge in [0.25, 0.3) is 22.2 Å². The highest BCUT2D eigenvalue weighted by atomic mass is 16.2. The van der Waals surface area contributed by atoms with Gasteiger partial charge in [0, 0.05) is 32.9 Å². The van der Waals surface area contributed by atoms with Gasteiger partial charge in [0.2, 0.25) is 0 Å². The van der Waals surface area contributed by atoms with Crippen LogP contribution in [0.2, 0.25) is 0 Å². The van der Waals surface area contributed by atoms with E-state index in [0.717, 1.165) is 66.1 Å². The third kappa shape index (κ3) is 5.57. The maximum absolute atomic E-state index is 15.6. The molecule has 0 spiro atoms. The number of aromatic nitrogens is 4. The minimum Gasteiger partial charge on any atom is -0.309 e. The molecule has 4 aromatic heterocycles. The van der Waals surface area contributed by atoms with Gasteiger partial charge >= 0.3 is 0 Å². The van der Waals surface area contributed by atoms with Gasteiger partial charge in [0.05, 0.1) is 55.0 Å². The third-order valence-electron chi connectivity index (χ3n) is 15.4. The van der Waals surface area contributed by atoms with Gasteiger partial charge in [0.1, 0.15) is 0 Å². The van der Waals surface area contributed by atoms with Crippen LogP contribution in [0.4, 0.5) is 0 Å². The molecule has 4 heterocycles. The fourth-order valence-electron chi connectivity index (χ4n) is 11.9. The van der Waals surface area contributed by atoms with E-state index in [1.807, 2.05) is 121 Å². The molecule has 0 fully saturated rings. The fraction of sp³-hybridized carbons (Fsp3) is 0.125. The van der Waals surface area contributed by atoms with E-state index in [1.165, 1.54) is 9.13 Å². The highest BCUT2D eigenvalue weighted by molar-refractivity contribution is 6.40. The summed E-state index contributed by atoms with van der Waals surface area (Å²) in [5.41, 5.74) is 5.99. The van der Waals surface area contributed by atoms with Gasteiger partial charge in [-0.3, -0.25) is 19.2 Å². The monoisotopic (exact) mass is 934 g/mol. The third-order valence-corrected chi connectivity index (χ3v) is 15.4. The Bertz CT molecular complexity index is 4450. The first-order chi connectivity index (χ1) is 34.7. The van der Waals surface area contributed by atoms with Crippen LogP contribution in [0.3, 0.4) is 0 Å². The lowest BCUT2D eigenvalue weighted by Crippen LogP contribution is -2.23. The summed E-state index contributed by atoms with van der Waals surface area (Å²) in [6, 6.07) is 56.5. The number of para-hydroxylation sites is 4. The zero-order chi connectivity index (χ0) is 49.3. The summed E-state index contributed by atoms with van der Waals surface area (Å²) < 4.78 is 7.06. The molecule has 8 heteroatoms. The summed E-state index contributed by atoms with van der Waals surface area (Å²) in [7, 11) is 0. The fourth-order valence-corrected chi connectivity index (χ4v) is 11.9. The van der Waals surface area contributed by atoms with Crippen molar-refractivity contribution in [3.8, 4) is 22.7 Å². The van der Waals surface area contributed by atoms with E-state index < -0.39 is 33.1 Å². The molecule has 0 aliphatic heterocycles. The molecule has 0 radical (unpaired) electrons. The molecule has 14 aromatic rings. The summed E-state index contributed by atoms with van der Waals surface area (Å²) in [6.45, 7) is 12.6. The Morgan fingerprint density at radius 1 is 0.264 bits per heavy atom. The summed E-state index contributed by atoms with van der Waals surface area (Å²) in [5, 5.41) is 8.78. The topological polar surface area (TPSA) is 88.0 Å². The maximum atomic E-state index is 15.6. The minimum atomic E-state index is -0.448. The highest BCUT2D eigenvalue weighted by Gasteiger charge is 2.31. The van der Waals surface area contributed by atoms with Crippen LogP contribution in [0.5, 0.6) is 0 Å². The molecule has 0 bridgehead atoms. The first-order valence-corrected chi connectivity index (χ1v) is 24.5. The van der Waals surface area contributed by atoms with Crippen molar-refractivity contribution in [3.05, 3.63) is 222 Å². The lowest BCUT2D eigenvalue weighted by Gasteiger charge is -2.24. The summed E-state index contributed by atoms with van der Waals surface area (Å²) >= 11 is 0. The number of rotatable bonds is 4. The van der Waals surface area contributed by atoms with Gasteiger partial charge in [-0.25, -0.2) is 9.13 Å². The first-order valence-electron chi connectivity index (χ1n) is 24.5. The van der Waals surface area contributed by atoms with Crippen molar-refractivity contribution in [2.75, 3.05) is 0 Å². The predicted octanol–water partition coefficient (Wildman–Crippen LogP) is 13.6. The van der Waals surface area contributed by atoms with Crippen LogP contribution < -0.4 is 22.2 Å². The molecule has 0 amide bonds. The molecule has 0 aliphatic carbocycles. The van der Waals surface area contributed by atoms with Gasteiger partial charge in [-0.1, -0.05) is 114 Å². The van der Waals surface area contributed by atoms with E-state index in [9.17, 15) is 0 Å². The van der Waals surface area contributed by atoms with Crippen LogP contribution >= 0.6 is 0 Å². The van der Waals surface area contributed by atoms with Crippen LogP contribution in [-0.4, -0.2) is 18.3 Å². The average Bonchev–Trinajstić information content (AvgIpc) is 4.06. The Labute approximate surface area is 411 Å². The van der Waals surface area contributed by atoms with E-state index >= 15 is 19.2 Å². The summed E-state index contributed by atoms with van der Waals surface area (Å²) in [4.78, 5) is 62.3. The molecule has 0 atom stereocenters. The second kappa shape index (κ2) is 14.4. The van der Waals surface area contributed by atoms with Crippen LogP contribution in [0, 0.1) is 0 Å². The van der Waals surface area contributed by atoms with Crippen LogP contribution in [-0.2, 0) is 10.8 Å². The Kier molecular flexibility index (Phi) is 8.38. The average molecular weight is 935 g/mol. The molecule has 0 N–H and O–H groups in total. The highest BCUT2D eigenvalue weighted by Crippen LogP contribution is 2.46. The van der Waals surface area contributed by atoms with Crippen molar-refractivity contribution in [2.45, 2.75) is 52.4 Å². The van der Waals surface area contributed by atoms with E-state index in [-0.39, 0.29) is 0 Å². The summed E-state index contributed by atoms with van der Waals surface area (Å²) in [5.74, 6) is 0. The SMILES string of the molecule is CC(C)(C)c1cc2c3c(=O)n(-c4ccc5c(c4)c4ccccc4n5-c4ccccc4)c(=O)c3c3cc(C(C)(C)C)cc4c5c(=O)n(-c6ccc7c(c6)c6ccccc6n7-c6ccccc6)c(=O)c5c(c1)c2c34. The molecule has 0 saturated carbocycles. The molecule has 0 unspecified atom stereocenters. The quantitative estimate of drug-likeness (QED) is 0.164. The number of hydrogen-bond acceptors (Lipinski definition) is 4. The van der Waals surface area contributed by atoms with E-state index in [2.05, 4.69) is 99.2 Å². The van der Waals surface area contributed by atoms with Gasteiger partial charge in [-0.15, -0.1) is 0 Å². The minimum absolute atomic E-state index is 0.302. The molecule has 72 heavy (non-hydrogen) atoms. The number of nitrogens with zero attached hydrogens (tertiary/aromatic N) is 4. The van der Waals surface area contributed by atoms with Gasteiger partial charge in [0.15, 0.2) is 0 Å². The van der Waals surface area contributed by atoms with E-state index in [1.54, 1.807) is 0 Å². The Morgan fingerprint density at radius 3 is 0.903 bits per heavy atom. The Hall–Kier alpha value is -8.88. The van der Waals surface area contributed by atoms with E-state index in [4.69, 9.17) is 0 Å². The van der Waals surface area contributed by atoms with Crippen molar-refractivity contribution >= 4 is 97.5 Å². The van der Waals surface area contributed by atoms with Crippen molar-refractivity contribution in [1.82, 2.24) is 18.3 Å². The molecule has 8 nitrogen and oxygen atoms in total. The van der Waals surface area contributed by atoms with Crippen molar-refractivity contribution in [2.24, 2.45) is 0 Å². The smallest absolute Gasteiger partial charge is 0.266 e. The van der Waals surface area contributed by atoms with Crippen molar-refractivity contribution in [1.29, 1.82) is 0 Å². The van der Waals surface area contributed by atoms with Gasteiger partial charge in [-0.2, -0.15) is 0 Å². The zero-order valence-corrected chi connectivity index (χ0v) is 40.6. The number of benzene rings is 10. The second-order valence-corrected chi connectivity index (χ2v) is 21.6. The zero-order valence-electron chi connectivity index (χ0n) is 40.6. The molecule has 346 valence electrons. The standard InChI is InChI=1S/C64H46N4O4/c1-63(2,3)35-29-45-53-46(30-35)56-58(62(72)68(60(56)70)40-26-28-52-44(34-40)42-22-14-16-24-50(42)66(52)38-19-11-8-12-20-38)48-32-36(64(4,5)6)31-47(54(48)53)57-55(45)59(69)67(61(57)71)39-25-27-51-43(33-39)41-21-13-15-23-49(41)65(51)37-17-9-7-10-18-37/h7-34H,1-6H3. The molecular weight excluding hydrogens is 889 g/mol. The molecule has 10 aromatic carbocycles. The lowest BCUT2D eigenvalue weighted by atomic mass is 9.79. The normalized spacial score (nSPS) is 12.8. The number of hydrogen-bond donors (Lipinski definition) is 0.